The van der Waals surface area contributed by atoms with Crippen LogP contribution < -0.4 is 10.1 Å². The first kappa shape index (κ1) is 17.4. The number of para-hydroxylation sites is 1. The summed E-state index contributed by atoms with van der Waals surface area (Å²) in [5.74, 6) is 2.47. The van der Waals surface area contributed by atoms with E-state index in [1.807, 2.05) is 45.2 Å². The molecular formula is C20H25N3O2. The van der Waals surface area contributed by atoms with Crippen molar-refractivity contribution in [2.75, 3.05) is 6.61 Å². The van der Waals surface area contributed by atoms with Crippen LogP contribution >= 0.6 is 0 Å². The van der Waals surface area contributed by atoms with E-state index in [4.69, 9.17) is 9.15 Å². The van der Waals surface area contributed by atoms with Gasteiger partial charge in [-0.1, -0.05) is 12.1 Å². The number of rotatable bonds is 6. The number of furan rings is 1. The fraction of sp³-hybridized carbons (Fsp3) is 0.400. The second-order valence-corrected chi connectivity index (χ2v) is 6.32. The van der Waals surface area contributed by atoms with Crippen LogP contribution in [0.1, 0.15) is 55.7 Å². The van der Waals surface area contributed by atoms with Gasteiger partial charge in [-0.05, 0) is 46.8 Å². The zero-order chi connectivity index (χ0) is 18.0. The third-order valence-corrected chi connectivity index (χ3v) is 4.36. The number of hydrogen-bond acceptors (Lipinski definition) is 5. The number of fused-ring (bicyclic) bond motifs is 1. The van der Waals surface area contributed by atoms with Crippen LogP contribution in [0.2, 0.25) is 0 Å². The van der Waals surface area contributed by atoms with Crippen LogP contribution in [-0.2, 0) is 0 Å². The molecule has 0 aliphatic rings. The summed E-state index contributed by atoms with van der Waals surface area (Å²) in [6.07, 6.45) is 1.90. The first-order valence-electron chi connectivity index (χ1n) is 8.71. The lowest BCUT2D eigenvalue weighted by molar-refractivity contribution is 0.335. The Labute approximate surface area is 148 Å². The molecule has 0 amide bonds. The van der Waals surface area contributed by atoms with Crippen molar-refractivity contribution in [1.29, 1.82) is 0 Å². The van der Waals surface area contributed by atoms with E-state index in [0.717, 1.165) is 39.6 Å². The van der Waals surface area contributed by atoms with Gasteiger partial charge in [0.25, 0.3) is 0 Å². The molecule has 2 atom stereocenters. The van der Waals surface area contributed by atoms with Gasteiger partial charge in [-0.25, -0.2) is 9.97 Å². The number of nitrogens with zero attached hydrogens (tertiary/aromatic N) is 2. The fourth-order valence-electron chi connectivity index (χ4n) is 3.10. The molecule has 5 heteroatoms. The van der Waals surface area contributed by atoms with Gasteiger partial charge in [0, 0.05) is 28.9 Å². The maximum Gasteiger partial charge on any atom is 0.176 e. The van der Waals surface area contributed by atoms with Crippen molar-refractivity contribution in [2.45, 2.75) is 46.7 Å². The van der Waals surface area contributed by atoms with Gasteiger partial charge in [-0.3, -0.25) is 0 Å². The highest BCUT2D eigenvalue weighted by atomic mass is 16.5. The van der Waals surface area contributed by atoms with Gasteiger partial charge < -0.3 is 14.5 Å². The summed E-state index contributed by atoms with van der Waals surface area (Å²) in [5, 5.41) is 4.62. The molecule has 0 aliphatic carbocycles. The summed E-state index contributed by atoms with van der Waals surface area (Å²) in [5.41, 5.74) is 2.90. The molecular weight excluding hydrogens is 314 g/mol. The van der Waals surface area contributed by atoms with Crippen molar-refractivity contribution < 1.29 is 9.15 Å². The largest absolute Gasteiger partial charge is 0.490 e. The van der Waals surface area contributed by atoms with Crippen molar-refractivity contribution in [1.82, 2.24) is 15.3 Å². The number of benzene rings is 1. The number of hydrogen-bond donors (Lipinski definition) is 1. The minimum atomic E-state index is 0.0533. The maximum atomic E-state index is 6.08. The van der Waals surface area contributed by atoms with Crippen LogP contribution in [0.4, 0.5) is 0 Å². The predicted molar refractivity (Wildman–Crippen MR) is 98.9 cm³/mol. The minimum Gasteiger partial charge on any atom is -0.490 e. The van der Waals surface area contributed by atoms with E-state index in [1.165, 1.54) is 0 Å². The summed E-state index contributed by atoms with van der Waals surface area (Å²) in [6.45, 7) is 10.7. The van der Waals surface area contributed by atoms with E-state index < -0.39 is 0 Å². The van der Waals surface area contributed by atoms with E-state index >= 15 is 0 Å². The zero-order valence-corrected chi connectivity index (χ0v) is 15.5. The third-order valence-electron chi connectivity index (χ3n) is 4.36. The lowest BCUT2D eigenvalue weighted by Crippen LogP contribution is -2.23. The van der Waals surface area contributed by atoms with Crippen LogP contribution in [0.15, 0.2) is 34.9 Å². The molecule has 1 N–H and O–H groups in total. The second kappa shape index (κ2) is 7.23. The Morgan fingerprint density at radius 3 is 2.72 bits per heavy atom. The number of aryl methyl sites for hydroxylation is 2. The number of aromatic nitrogens is 2. The molecule has 1 aromatic carbocycles. The van der Waals surface area contributed by atoms with E-state index in [9.17, 15) is 0 Å². The van der Waals surface area contributed by atoms with Gasteiger partial charge >= 0.3 is 0 Å². The summed E-state index contributed by atoms with van der Waals surface area (Å²) in [4.78, 5) is 8.77. The Kier molecular flexibility index (Phi) is 5.04. The summed E-state index contributed by atoms with van der Waals surface area (Å²) in [7, 11) is 0. The average molecular weight is 339 g/mol. The van der Waals surface area contributed by atoms with Gasteiger partial charge in [-0.2, -0.15) is 0 Å². The highest BCUT2D eigenvalue weighted by Gasteiger charge is 2.18. The van der Waals surface area contributed by atoms with Gasteiger partial charge in [0.1, 0.15) is 11.6 Å². The molecule has 0 radical (unpaired) electrons. The van der Waals surface area contributed by atoms with E-state index in [2.05, 4.69) is 35.2 Å². The van der Waals surface area contributed by atoms with Crippen molar-refractivity contribution in [3.05, 3.63) is 53.3 Å². The monoisotopic (exact) mass is 339 g/mol. The predicted octanol–water partition coefficient (Wildman–Crippen LogP) is 4.65. The number of nitrogens with one attached hydrogen (secondary N) is 1. The Morgan fingerprint density at radius 1 is 1.20 bits per heavy atom. The standard InChI is InChI=1S/C20H25N3O2/c1-6-24-18-9-7-8-16-10-19(25-20(16)18)14(4)22-12(2)17-11-21-15(5)23-13(17)3/h7-12,14,22H,6H2,1-5H3/t12-,14-/m0/s1. The summed E-state index contributed by atoms with van der Waals surface area (Å²) in [6, 6.07) is 8.21. The van der Waals surface area contributed by atoms with E-state index in [0.29, 0.717) is 6.61 Å². The molecule has 2 aromatic heterocycles. The molecule has 3 aromatic rings. The van der Waals surface area contributed by atoms with E-state index in [1.54, 1.807) is 0 Å². The smallest absolute Gasteiger partial charge is 0.176 e. The van der Waals surface area contributed by atoms with Crippen LogP contribution in [0.5, 0.6) is 5.75 Å². The maximum absolute atomic E-state index is 6.08. The molecule has 2 heterocycles. The molecule has 25 heavy (non-hydrogen) atoms. The average Bonchev–Trinajstić information content (AvgIpc) is 3.00. The van der Waals surface area contributed by atoms with Gasteiger partial charge in [-0.15, -0.1) is 0 Å². The second-order valence-electron chi connectivity index (χ2n) is 6.32. The molecule has 0 spiro atoms. The Bertz CT molecular complexity index is 873. The summed E-state index contributed by atoms with van der Waals surface area (Å²) >= 11 is 0. The Balaban J connectivity index is 1.82. The molecule has 132 valence electrons. The van der Waals surface area contributed by atoms with Crippen LogP contribution in [0.3, 0.4) is 0 Å². The zero-order valence-electron chi connectivity index (χ0n) is 15.5. The quantitative estimate of drug-likeness (QED) is 0.708. The Hall–Kier alpha value is -2.40. The number of ether oxygens (including phenoxy) is 1. The SMILES string of the molecule is CCOc1cccc2cc([C@H](C)N[C@@H](C)c3cnc(C)nc3C)oc12. The summed E-state index contributed by atoms with van der Waals surface area (Å²) < 4.78 is 11.7. The van der Waals surface area contributed by atoms with Crippen LogP contribution in [-0.4, -0.2) is 16.6 Å². The highest BCUT2D eigenvalue weighted by molar-refractivity contribution is 5.83. The minimum absolute atomic E-state index is 0.0533. The molecule has 3 rings (SSSR count). The lowest BCUT2D eigenvalue weighted by Gasteiger charge is -2.20. The topological polar surface area (TPSA) is 60.2 Å². The van der Waals surface area contributed by atoms with Crippen molar-refractivity contribution in [2.24, 2.45) is 0 Å². The highest BCUT2D eigenvalue weighted by Crippen LogP contribution is 2.32. The van der Waals surface area contributed by atoms with Crippen molar-refractivity contribution in [3.8, 4) is 5.75 Å². The van der Waals surface area contributed by atoms with Gasteiger partial charge in [0.2, 0.25) is 0 Å². The molecule has 5 nitrogen and oxygen atoms in total. The first-order valence-corrected chi connectivity index (χ1v) is 8.71. The third kappa shape index (κ3) is 3.66. The molecule has 0 bridgehead atoms. The van der Waals surface area contributed by atoms with Crippen molar-refractivity contribution >= 4 is 11.0 Å². The molecule has 0 saturated heterocycles. The van der Waals surface area contributed by atoms with Crippen molar-refractivity contribution in [3.63, 3.8) is 0 Å². The first-order chi connectivity index (χ1) is 12.0. The fourth-order valence-corrected chi connectivity index (χ4v) is 3.10. The Morgan fingerprint density at radius 2 is 2.00 bits per heavy atom. The lowest BCUT2D eigenvalue weighted by atomic mass is 10.1. The molecule has 0 unspecified atom stereocenters. The van der Waals surface area contributed by atoms with Crippen LogP contribution in [0, 0.1) is 13.8 Å². The normalized spacial score (nSPS) is 13.8. The van der Waals surface area contributed by atoms with Gasteiger partial charge in [0.15, 0.2) is 11.3 Å². The molecule has 0 saturated carbocycles. The van der Waals surface area contributed by atoms with Crippen LogP contribution in [0.25, 0.3) is 11.0 Å². The molecule has 0 aliphatic heterocycles. The van der Waals surface area contributed by atoms with E-state index in [-0.39, 0.29) is 12.1 Å². The molecule has 0 fully saturated rings. The van der Waals surface area contributed by atoms with Gasteiger partial charge in [0.05, 0.1) is 12.6 Å².